The number of primary amides is 1. The number of methoxy groups -OCH3 is 1. The number of likely N-dealkylation sites (tertiary alicyclic amines) is 1. The third-order valence-corrected chi connectivity index (χ3v) is 5.58. The summed E-state index contributed by atoms with van der Waals surface area (Å²) in [6.45, 7) is 2.56. The lowest BCUT2D eigenvalue weighted by molar-refractivity contribution is -0.133. The average Bonchev–Trinajstić information content (AvgIpc) is 2.78. The van der Waals surface area contributed by atoms with Gasteiger partial charge in [0.05, 0.1) is 19.6 Å². The van der Waals surface area contributed by atoms with Crippen LogP contribution in [0.2, 0.25) is 0 Å². The molecule has 1 atom stereocenters. The first-order valence-electron chi connectivity index (χ1n) is 10.6. The second-order valence-electron chi connectivity index (χ2n) is 7.99. The zero-order chi connectivity index (χ0) is 22.2. The maximum atomic E-state index is 12.7. The van der Waals surface area contributed by atoms with Crippen LogP contribution >= 0.6 is 0 Å². The van der Waals surface area contributed by atoms with Crippen LogP contribution in [0.15, 0.2) is 48.5 Å². The molecule has 166 valence electrons. The predicted molar refractivity (Wildman–Crippen MR) is 119 cm³/mol. The van der Waals surface area contributed by atoms with Gasteiger partial charge in [-0.3, -0.25) is 14.5 Å². The summed E-state index contributed by atoms with van der Waals surface area (Å²) in [5.74, 6) is 0.852. The highest BCUT2D eigenvalue weighted by Gasteiger charge is 2.26. The molecule has 0 unspecified atom stereocenters. The number of carbonyl (C=O) groups is 2. The maximum absolute atomic E-state index is 12.7. The molecule has 0 aliphatic carbocycles. The van der Waals surface area contributed by atoms with Crippen LogP contribution in [0.4, 0.5) is 0 Å². The second kappa shape index (κ2) is 10.8. The molecule has 7 heteroatoms. The molecule has 31 heavy (non-hydrogen) atoms. The number of carbonyl (C=O) groups excluding carboxylic acids is 2. The number of rotatable bonds is 9. The molecule has 1 fully saturated rings. The topological polar surface area (TPSA) is 85.1 Å². The molecule has 7 nitrogen and oxygen atoms in total. The van der Waals surface area contributed by atoms with Crippen molar-refractivity contribution < 1.29 is 19.1 Å². The Morgan fingerprint density at radius 2 is 1.90 bits per heavy atom. The molecule has 1 saturated heterocycles. The van der Waals surface area contributed by atoms with Gasteiger partial charge in [0.1, 0.15) is 6.61 Å². The Hall–Kier alpha value is -3.06. The molecule has 2 aromatic carbocycles. The zero-order valence-corrected chi connectivity index (χ0v) is 18.3. The van der Waals surface area contributed by atoms with E-state index in [1.807, 2.05) is 53.4 Å². The third-order valence-electron chi connectivity index (χ3n) is 5.58. The minimum Gasteiger partial charge on any atom is -0.493 e. The summed E-state index contributed by atoms with van der Waals surface area (Å²) in [6.07, 6.45) is 1.68. The second-order valence-corrected chi connectivity index (χ2v) is 7.99. The molecule has 0 bridgehead atoms. The molecular weight excluding hydrogens is 394 g/mol. The smallest absolute Gasteiger partial charge is 0.236 e. The van der Waals surface area contributed by atoms with Gasteiger partial charge in [-0.2, -0.15) is 0 Å². The van der Waals surface area contributed by atoms with Gasteiger partial charge >= 0.3 is 0 Å². The van der Waals surface area contributed by atoms with E-state index in [4.69, 9.17) is 15.2 Å². The van der Waals surface area contributed by atoms with Gasteiger partial charge in [-0.05, 0) is 42.6 Å². The summed E-state index contributed by atoms with van der Waals surface area (Å²) in [4.78, 5) is 27.8. The molecule has 0 radical (unpaired) electrons. The number of hydrogen-bond acceptors (Lipinski definition) is 5. The van der Waals surface area contributed by atoms with E-state index in [-0.39, 0.29) is 24.3 Å². The van der Waals surface area contributed by atoms with Crippen LogP contribution in [0.25, 0.3) is 0 Å². The van der Waals surface area contributed by atoms with Gasteiger partial charge in [-0.1, -0.05) is 36.4 Å². The number of likely N-dealkylation sites (N-methyl/N-ethyl adjacent to an activating group) is 1. The SMILES string of the molecule is COc1cc(CN(C)C(=O)CN2CCC[C@H](C(N)=O)C2)ccc1OCc1ccccc1. The van der Waals surface area contributed by atoms with Crippen LogP contribution in [0, 0.1) is 5.92 Å². The summed E-state index contributed by atoms with van der Waals surface area (Å²) in [5, 5.41) is 0. The number of nitrogens with zero attached hydrogens (tertiary/aromatic N) is 2. The molecule has 1 heterocycles. The molecule has 2 N–H and O–H groups in total. The molecule has 2 aromatic rings. The molecule has 2 amide bonds. The Morgan fingerprint density at radius 1 is 1.13 bits per heavy atom. The fourth-order valence-corrected chi connectivity index (χ4v) is 3.77. The van der Waals surface area contributed by atoms with Crippen molar-refractivity contribution in [2.24, 2.45) is 11.7 Å². The lowest BCUT2D eigenvalue weighted by Gasteiger charge is -2.31. The number of ether oxygens (including phenoxy) is 2. The molecular formula is C24H31N3O4. The van der Waals surface area contributed by atoms with Gasteiger partial charge in [-0.15, -0.1) is 0 Å². The Bertz CT molecular complexity index is 888. The van der Waals surface area contributed by atoms with Crippen LogP contribution < -0.4 is 15.2 Å². The number of benzene rings is 2. The fourth-order valence-electron chi connectivity index (χ4n) is 3.77. The average molecular weight is 426 g/mol. The standard InChI is InChI=1S/C24H31N3O4/c1-26(23(28)16-27-12-6-9-20(15-27)24(25)29)14-19-10-11-21(22(13-19)30-2)31-17-18-7-4-3-5-8-18/h3-5,7-8,10-11,13,20H,6,9,12,14-17H2,1-2H3,(H2,25,29)/t20-/m0/s1. The lowest BCUT2D eigenvalue weighted by Crippen LogP contribution is -2.45. The fraction of sp³-hybridized carbons (Fsp3) is 0.417. The van der Waals surface area contributed by atoms with Gasteiger partial charge in [0.25, 0.3) is 0 Å². The number of amides is 2. The number of piperidine rings is 1. The van der Waals surface area contributed by atoms with Crippen LogP contribution in [-0.4, -0.2) is 55.4 Å². The van der Waals surface area contributed by atoms with Gasteiger partial charge in [0.2, 0.25) is 11.8 Å². The summed E-state index contributed by atoms with van der Waals surface area (Å²) in [7, 11) is 3.39. The van der Waals surface area contributed by atoms with Crippen molar-refractivity contribution >= 4 is 11.8 Å². The zero-order valence-electron chi connectivity index (χ0n) is 18.3. The van der Waals surface area contributed by atoms with Gasteiger partial charge in [0, 0.05) is 20.1 Å². The van der Waals surface area contributed by atoms with Crippen molar-refractivity contribution in [2.45, 2.75) is 26.0 Å². The maximum Gasteiger partial charge on any atom is 0.236 e. The minimum absolute atomic E-state index is 0.00786. The quantitative estimate of drug-likeness (QED) is 0.667. The highest BCUT2D eigenvalue weighted by atomic mass is 16.5. The Morgan fingerprint density at radius 3 is 2.61 bits per heavy atom. The van der Waals surface area contributed by atoms with E-state index in [0.717, 1.165) is 30.5 Å². The van der Waals surface area contributed by atoms with E-state index in [0.29, 0.717) is 31.2 Å². The van der Waals surface area contributed by atoms with Crippen molar-refractivity contribution in [1.82, 2.24) is 9.80 Å². The van der Waals surface area contributed by atoms with Crippen molar-refractivity contribution in [3.8, 4) is 11.5 Å². The molecule has 0 aromatic heterocycles. The monoisotopic (exact) mass is 425 g/mol. The molecule has 0 saturated carbocycles. The largest absolute Gasteiger partial charge is 0.493 e. The Labute approximate surface area is 183 Å². The van der Waals surface area contributed by atoms with E-state index in [2.05, 4.69) is 0 Å². The van der Waals surface area contributed by atoms with E-state index < -0.39 is 0 Å². The normalized spacial score (nSPS) is 16.5. The summed E-state index contributed by atoms with van der Waals surface area (Å²) in [5.41, 5.74) is 7.46. The first-order valence-corrected chi connectivity index (χ1v) is 10.6. The van der Waals surface area contributed by atoms with Crippen LogP contribution in [0.5, 0.6) is 11.5 Å². The number of nitrogens with two attached hydrogens (primary N) is 1. The Kier molecular flexibility index (Phi) is 7.89. The molecule has 1 aliphatic heterocycles. The molecule has 3 rings (SSSR count). The van der Waals surface area contributed by atoms with Crippen molar-refractivity contribution in [1.29, 1.82) is 0 Å². The van der Waals surface area contributed by atoms with E-state index in [1.165, 1.54) is 0 Å². The van der Waals surface area contributed by atoms with Crippen LogP contribution in [0.3, 0.4) is 0 Å². The molecule has 1 aliphatic rings. The first-order chi connectivity index (χ1) is 15.0. The summed E-state index contributed by atoms with van der Waals surface area (Å²) < 4.78 is 11.4. The predicted octanol–water partition coefficient (Wildman–Crippen LogP) is 2.43. The minimum atomic E-state index is -0.285. The van der Waals surface area contributed by atoms with E-state index in [9.17, 15) is 9.59 Å². The van der Waals surface area contributed by atoms with Crippen molar-refractivity contribution in [3.63, 3.8) is 0 Å². The van der Waals surface area contributed by atoms with E-state index >= 15 is 0 Å². The van der Waals surface area contributed by atoms with Crippen molar-refractivity contribution in [3.05, 3.63) is 59.7 Å². The lowest BCUT2D eigenvalue weighted by atomic mass is 9.97. The van der Waals surface area contributed by atoms with Crippen LogP contribution in [0.1, 0.15) is 24.0 Å². The summed E-state index contributed by atoms with van der Waals surface area (Å²) >= 11 is 0. The molecule has 0 spiro atoms. The highest BCUT2D eigenvalue weighted by Crippen LogP contribution is 2.29. The summed E-state index contributed by atoms with van der Waals surface area (Å²) in [6, 6.07) is 15.7. The van der Waals surface area contributed by atoms with Gasteiger partial charge in [-0.25, -0.2) is 0 Å². The van der Waals surface area contributed by atoms with Gasteiger partial charge in [0.15, 0.2) is 11.5 Å². The third kappa shape index (κ3) is 6.46. The van der Waals surface area contributed by atoms with E-state index in [1.54, 1.807) is 19.1 Å². The number of hydrogen-bond donors (Lipinski definition) is 1. The van der Waals surface area contributed by atoms with Crippen molar-refractivity contribution in [2.75, 3.05) is 33.8 Å². The van der Waals surface area contributed by atoms with Gasteiger partial charge < -0.3 is 20.1 Å². The van der Waals surface area contributed by atoms with Crippen LogP contribution in [-0.2, 0) is 22.7 Å². The highest BCUT2D eigenvalue weighted by molar-refractivity contribution is 5.79. The Balaban J connectivity index is 1.55. The first kappa shape index (κ1) is 22.6.